The largest absolute Gasteiger partial charge is 0.344 e. The molecule has 1 aliphatic rings. The van der Waals surface area contributed by atoms with E-state index >= 15 is 0 Å². The van der Waals surface area contributed by atoms with Crippen molar-refractivity contribution < 1.29 is 0 Å². The summed E-state index contributed by atoms with van der Waals surface area (Å²) in [5, 5.41) is 4.78. The zero-order chi connectivity index (χ0) is 39.1. The number of aromatic nitrogens is 4. The summed E-state index contributed by atoms with van der Waals surface area (Å²) in [5.74, 6) is 2.20. The van der Waals surface area contributed by atoms with Crippen molar-refractivity contribution in [1.82, 2.24) is 18.7 Å². The summed E-state index contributed by atoms with van der Waals surface area (Å²) < 4.78 is 6.96. The Hall–Kier alpha value is -7.38. The van der Waals surface area contributed by atoms with Gasteiger partial charge in [-0.2, -0.15) is 0 Å². The predicted octanol–water partition coefficient (Wildman–Crippen LogP) is 11.6. The van der Waals surface area contributed by atoms with Gasteiger partial charge in [-0.05, 0) is 85.8 Å². The van der Waals surface area contributed by atoms with Crippen LogP contribution in [0.15, 0.2) is 173 Å². The van der Waals surface area contributed by atoms with Gasteiger partial charge in [0.25, 0.3) is 0 Å². The Morgan fingerprint density at radius 2 is 1.21 bits per heavy atom. The van der Waals surface area contributed by atoms with E-state index in [2.05, 4.69) is 143 Å². The molecule has 0 atom stereocenters. The first kappa shape index (κ1) is 33.9. The van der Waals surface area contributed by atoms with Gasteiger partial charge in [0.1, 0.15) is 12.5 Å². The van der Waals surface area contributed by atoms with Crippen LogP contribution >= 0.6 is 0 Å². The third kappa shape index (κ3) is 5.06. The molecule has 0 bridgehead atoms. The number of aliphatic imine (C=N–C) groups is 3. The maximum Gasteiger partial charge on any atom is 0.161 e. The minimum absolute atomic E-state index is 0.178. The van der Waals surface area contributed by atoms with Crippen molar-refractivity contribution in [1.29, 1.82) is 0 Å². The van der Waals surface area contributed by atoms with Crippen molar-refractivity contribution in [3.05, 3.63) is 180 Å². The van der Waals surface area contributed by atoms with E-state index in [1.54, 1.807) is 0 Å². The molecule has 0 saturated heterocycles. The summed E-state index contributed by atoms with van der Waals surface area (Å²) in [6, 6.07) is 55.5. The van der Waals surface area contributed by atoms with E-state index in [0.29, 0.717) is 18.3 Å². The molecule has 7 heteroatoms. The van der Waals surface area contributed by atoms with Crippen LogP contribution in [0.25, 0.3) is 71.5 Å². The molecule has 0 amide bonds. The summed E-state index contributed by atoms with van der Waals surface area (Å²) in [7, 11) is 2.16. The van der Waals surface area contributed by atoms with Crippen molar-refractivity contribution in [2.24, 2.45) is 22.0 Å². The molecule has 11 rings (SSSR count). The molecule has 7 nitrogen and oxygen atoms in total. The highest BCUT2D eigenvalue weighted by molar-refractivity contribution is 6.18. The SMILES string of the molecule is C=N/C(=N\C(=N/Cn1c2ccc(-c3ccc4c(c3)nc3n4-c4ccccc4C3(C)C)cc2c2cc3c(cc21)c1ccccc1n3C)c1ccccc1)c1ccccc1. The molecule has 0 aliphatic carbocycles. The second-order valence-electron chi connectivity index (χ2n) is 15.7. The van der Waals surface area contributed by atoms with Gasteiger partial charge in [0.15, 0.2) is 11.7 Å². The highest BCUT2D eigenvalue weighted by Gasteiger charge is 2.38. The third-order valence-corrected chi connectivity index (χ3v) is 12.1. The predicted molar refractivity (Wildman–Crippen MR) is 241 cm³/mol. The monoisotopic (exact) mass is 749 g/mol. The van der Waals surface area contributed by atoms with Gasteiger partial charge >= 0.3 is 0 Å². The standard InChI is InChI=1S/C51H39N7/c1-51(2)40-20-12-14-22-44(40)58-45-26-24-35(28-41(45)54-50(51)58)34-23-25-43-37(27-34)39-29-46-38(36-19-11-13-21-42(36)56(46)4)30-47(39)57(43)31-53-49(33-17-9-6-10-18-33)55-48(52-3)32-15-7-5-8-16-32/h5-30H,3,31H2,1-2,4H3/b53-49-,55-48-. The number of fused-ring (bicyclic) bond motifs is 11. The first-order valence-electron chi connectivity index (χ1n) is 19.7. The van der Waals surface area contributed by atoms with Crippen LogP contribution in [0.1, 0.15) is 36.4 Å². The summed E-state index contributed by atoms with van der Waals surface area (Å²) in [6.45, 7) is 8.75. The Bertz CT molecular complexity index is 3360. The highest BCUT2D eigenvalue weighted by atomic mass is 15.1. The molecule has 0 radical (unpaired) electrons. The van der Waals surface area contributed by atoms with Crippen molar-refractivity contribution in [2.75, 3.05) is 0 Å². The van der Waals surface area contributed by atoms with Gasteiger partial charge in [-0.3, -0.25) is 4.57 Å². The zero-order valence-corrected chi connectivity index (χ0v) is 32.6. The smallest absolute Gasteiger partial charge is 0.161 e. The molecular formula is C51H39N7. The van der Waals surface area contributed by atoms with Gasteiger partial charge in [0.2, 0.25) is 0 Å². The van der Waals surface area contributed by atoms with Crippen LogP contribution in [-0.4, -0.2) is 37.1 Å². The first-order chi connectivity index (χ1) is 28.4. The summed E-state index contributed by atoms with van der Waals surface area (Å²) in [6.07, 6.45) is 0. The average Bonchev–Trinajstić information content (AvgIpc) is 3.96. The van der Waals surface area contributed by atoms with E-state index in [0.717, 1.165) is 50.1 Å². The number of amidine groups is 2. The Morgan fingerprint density at radius 3 is 1.98 bits per heavy atom. The summed E-state index contributed by atoms with van der Waals surface area (Å²) in [4.78, 5) is 19.9. The topological polar surface area (TPSA) is 64.8 Å². The second kappa shape index (κ2) is 12.8. The fourth-order valence-corrected chi connectivity index (χ4v) is 9.12. The number of nitrogens with zero attached hydrogens (tertiary/aromatic N) is 7. The van der Waals surface area contributed by atoms with Crippen LogP contribution in [-0.2, 0) is 19.1 Å². The van der Waals surface area contributed by atoms with E-state index in [4.69, 9.17) is 15.0 Å². The van der Waals surface area contributed by atoms with Crippen LogP contribution in [0.4, 0.5) is 0 Å². The molecule has 0 saturated carbocycles. The fourth-order valence-electron chi connectivity index (χ4n) is 9.12. The molecule has 10 aromatic rings. The number of imidazole rings is 1. The molecule has 1 aliphatic heterocycles. The number of para-hydroxylation sites is 2. The fraction of sp³-hybridized carbons (Fsp3) is 0.0980. The van der Waals surface area contributed by atoms with Gasteiger partial charge < -0.3 is 9.13 Å². The lowest BCUT2D eigenvalue weighted by atomic mass is 9.86. The van der Waals surface area contributed by atoms with Crippen LogP contribution in [0, 0.1) is 0 Å². The Kier molecular flexibility index (Phi) is 7.50. The molecule has 0 spiro atoms. The number of hydrogen-bond donors (Lipinski definition) is 0. The Morgan fingerprint density at radius 1 is 0.586 bits per heavy atom. The third-order valence-electron chi connectivity index (χ3n) is 12.1. The van der Waals surface area contributed by atoms with Gasteiger partial charge in [0, 0.05) is 50.8 Å². The first-order valence-corrected chi connectivity index (χ1v) is 19.7. The Labute approximate surface area is 335 Å². The number of aryl methyl sites for hydroxylation is 1. The van der Waals surface area contributed by atoms with E-state index in [1.165, 1.54) is 43.8 Å². The van der Waals surface area contributed by atoms with Crippen molar-refractivity contribution in [2.45, 2.75) is 25.9 Å². The molecule has 58 heavy (non-hydrogen) atoms. The van der Waals surface area contributed by atoms with E-state index in [9.17, 15) is 0 Å². The quantitative estimate of drug-likeness (QED) is 0.128. The number of rotatable bonds is 5. The molecule has 0 unspecified atom stereocenters. The molecular weight excluding hydrogens is 711 g/mol. The van der Waals surface area contributed by atoms with Gasteiger partial charge in [-0.1, -0.05) is 109 Å². The van der Waals surface area contributed by atoms with E-state index in [1.807, 2.05) is 60.7 Å². The molecule has 278 valence electrons. The zero-order valence-electron chi connectivity index (χ0n) is 32.6. The molecule has 0 N–H and O–H groups in total. The van der Waals surface area contributed by atoms with E-state index in [-0.39, 0.29) is 5.41 Å². The lowest BCUT2D eigenvalue weighted by Crippen LogP contribution is -2.16. The second-order valence-corrected chi connectivity index (χ2v) is 15.7. The normalized spacial score (nSPS) is 13.9. The van der Waals surface area contributed by atoms with Crippen LogP contribution in [0.5, 0.6) is 0 Å². The average molecular weight is 750 g/mol. The lowest BCUT2D eigenvalue weighted by molar-refractivity contribution is 0.621. The van der Waals surface area contributed by atoms with Gasteiger partial charge in [-0.15, -0.1) is 0 Å². The maximum atomic E-state index is 5.26. The Balaban J connectivity index is 1.10. The number of hydrogen-bond acceptors (Lipinski definition) is 2. The summed E-state index contributed by atoms with van der Waals surface area (Å²) in [5.41, 5.74) is 13.2. The van der Waals surface area contributed by atoms with Crippen molar-refractivity contribution in [3.63, 3.8) is 0 Å². The number of benzene rings is 7. The minimum atomic E-state index is -0.178. The van der Waals surface area contributed by atoms with Crippen molar-refractivity contribution >= 4 is 73.0 Å². The van der Waals surface area contributed by atoms with Crippen LogP contribution in [0.3, 0.4) is 0 Å². The lowest BCUT2D eigenvalue weighted by Gasteiger charge is -2.17. The van der Waals surface area contributed by atoms with E-state index < -0.39 is 0 Å². The van der Waals surface area contributed by atoms with Crippen LogP contribution in [0.2, 0.25) is 0 Å². The van der Waals surface area contributed by atoms with Gasteiger partial charge in [0.05, 0.1) is 33.2 Å². The van der Waals surface area contributed by atoms with Crippen molar-refractivity contribution in [3.8, 4) is 16.8 Å². The van der Waals surface area contributed by atoms with Gasteiger partial charge in [-0.25, -0.2) is 20.0 Å². The van der Waals surface area contributed by atoms with Crippen LogP contribution < -0.4 is 0 Å². The maximum absolute atomic E-state index is 5.26. The molecule has 7 aromatic carbocycles. The molecule has 0 fully saturated rings. The molecule has 4 heterocycles. The molecule has 3 aromatic heterocycles. The minimum Gasteiger partial charge on any atom is -0.344 e. The summed E-state index contributed by atoms with van der Waals surface area (Å²) >= 11 is 0. The highest BCUT2D eigenvalue weighted by Crippen LogP contribution is 2.45.